The molecule has 0 atom stereocenters. The van der Waals surface area contributed by atoms with E-state index in [1.807, 2.05) is 0 Å². The zero-order valence-corrected chi connectivity index (χ0v) is 26.2. The Morgan fingerprint density at radius 1 is 0.733 bits per heavy atom. The highest BCUT2D eigenvalue weighted by Crippen LogP contribution is 2.19. The molecule has 1 saturated heterocycles. The maximum atomic E-state index is 12.3. The van der Waals surface area contributed by atoms with Crippen LogP contribution in [0.4, 0.5) is 23.3 Å². The van der Waals surface area contributed by atoms with E-state index in [0.717, 1.165) is 64.8 Å². The molecule has 1 fully saturated rings. The molecule has 18 nitrogen and oxygen atoms in total. The van der Waals surface area contributed by atoms with Crippen LogP contribution in [0.25, 0.3) is 0 Å². The summed E-state index contributed by atoms with van der Waals surface area (Å²) < 4.78 is 0. The zero-order chi connectivity index (χ0) is 32.9. The molecule has 15 N–H and O–H groups in total. The monoisotopic (exact) mass is 666 g/mol. The third kappa shape index (κ3) is 11.3. The number of amides is 2. The summed E-state index contributed by atoms with van der Waals surface area (Å²) in [6.07, 6.45) is 4.78. The molecule has 1 aliphatic heterocycles. The van der Waals surface area contributed by atoms with Gasteiger partial charge >= 0.3 is 0 Å². The van der Waals surface area contributed by atoms with Crippen LogP contribution in [0.1, 0.15) is 53.1 Å². The molecule has 0 unspecified atom stereocenters. The van der Waals surface area contributed by atoms with Crippen LogP contribution in [0.3, 0.4) is 0 Å². The number of hydrogen-bond donors (Lipinski definition) is 11. The van der Waals surface area contributed by atoms with Crippen LogP contribution in [-0.2, 0) is 0 Å². The number of piperidine rings is 1. The average Bonchev–Trinajstić information content (AvgIpc) is 2.99. The SMILES string of the molecule is N=C(NCCCCN1CCC(CNCCCNC(=N)NC(=O)c2nc(Cl)c(N)nc2N)CC1)NC(=O)c1nc(Cl)c(N)nc1N. The lowest BCUT2D eigenvalue weighted by Gasteiger charge is -2.32. The molecule has 2 amide bonds. The first-order chi connectivity index (χ1) is 21.4. The summed E-state index contributed by atoms with van der Waals surface area (Å²) in [5, 5.41) is 29.4. The highest BCUT2D eigenvalue weighted by atomic mass is 35.5. The predicted molar refractivity (Wildman–Crippen MR) is 174 cm³/mol. The van der Waals surface area contributed by atoms with Crippen molar-refractivity contribution >= 4 is 70.2 Å². The Labute approximate surface area is 270 Å². The molecular formula is C25H40Cl2N16O2. The molecule has 3 rings (SSSR count). The van der Waals surface area contributed by atoms with E-state index in [1.165, 1.54) is 0 Å². The van der Waals surface area contributed by atoms with Crippen LogP contribution < -0.4 is 49.5 Å². The number of rotatable bonds is 13. The Morgan fingerprint density at radius 2 is 1.22 bits per heavy atom. The van der Waals surface area contributed by atoms with Crippen molar-refractivity contribution in [3.05, 3.63) is 21.7 Å². The smallest absolute Gasteiger partial charge is 0.280 e. The first kappa shape index (κ1) is 35.2. The first-order valence-electron chi connectivity index (χ1n) is 14.3. The minimum atomic E-state index is -0.703. The van der Waals surface area contributed by atoms with Crippen molar-refractivity contribution in [1.82, 2.24) is 51.4 Å². The number of aromatic nitrogens is 4. The number of carbonyl (C=O) groups excluding carboxylic acids is 2. The molecule has 20 heteroatoms. The largest absolute Gasteiger partial charge is 0.382 e. The van der Waals surface area contributed by atoms with Gasteiger partial charge in [-0.05, 0) is 70.7 Å². The van der Waals surface area contributed by atoms with Gasteiger partial charge < -0.3 is 43.8 Å². The molecule has 3 heterocycles. The molecular weight excluding hydrogens is 627 g/mol. The Morgan fingerprint density at radius 3 is 1.73 bits per heavy atom. The van der Waals surface area contributed by atoms with Crippen LogP contribution in [0.15, 0.2) is 0 Å². The number of guanidine groups is 2. The van der Waals surface area contributed by atoms with Gasteiger partial charge in [0.15, 0.2) is 56.9 Å². The van der Waals surface area contributed by atoms with E-state index >= 15 is 0 Å². The summed E-state index contributed by atoms with van der Waals surface area (Å²) >= 11 is 11.6. The standard InChI is InChI=1S/C25H40Cl2N16O2/c26-16-20(30)39-18(28)14(37-16)22(44)41-24(32)35-7-1-2-9-43-10-4-13(5-11-43)12-34-6-3-8-36-25(33)42-23(45)15-19(29)40-21(31)17(27)38-15/h13,34H,1-12H2,(H4,28,30,39)(H4,29,31,40)(H3,32,35,41,44)(H3,33,36,42,45). The molecule has 0 aliphatic carbocycles. The Hall–Kier alpha value is -4.26. The predicted octanol–water partition coefficient (Wildman–Crippen LogP) is -0.417. The molecule has 0 spiro atoms. The van der Waals surface area contributed by atoms with E-state index in [1.54, 1.807) is 0 Å². The van der Waals surface area contributed by atoms with Crippen LogP contribution >= 0.6 is 23.2 Å². The van der Waals surface area contributed by atoms with Crippen molar-refractivity contribution in [2.24, 2.45) is 5.92 Å². The van der Waals surface area contributed by atoms with Gasteiger partial charge in [-0.3, -0.25) is 31.0 Å². The molecule has 0 bridgehead atoms. The van der Waals surface area contributed by atoms with Crippen molar-refractivity contribution in [3.8, 4) is 0 Å². The third-order valence-electron chi connectivity index (χ3n) is 6.89. The van der Waals surface area contributed by atoms with Gasteiger partial charge in [-0.1, -0.05) is 23.2 Å². The van der Waals surface area contributed by atoms with Gasteiger partial charge in [0, 0.05) is 13.1 Å². The first-order valence-corrected chi connectivity index (χ1v) is 15.1. The molecule has 0 radical (unpaired) electrons. The summed E-state index contributed by atoms with van der Waals surface area (Å²) in [6, 6.07) is 0. The Bertz CT molecular complexity index is 1370. The third-order valence-corrected chi connectivity index (χ3v) is 7.45. The number of anilines is 4. The van der Waals surface area contributed by atoms with E-state index in [9.17, 15) is 9.59 Å². The lowest BCUT2D eigenvalue weighted by molar-refractivity contribution is 0.0963. The number of nitrogens with zero attached hydrogens (tertiary/aromatic N) is 5. The second-order valence-corrected chi connectivity index (χ2v) is 11.0. The van der Waals surface area contributed by atoms with Gasteiger partial charge in [0.05, 0.1) is 0 Å². The number of nitrogen functional groups attached to an aromatic ring is 4. The highest BCUT2D eigenvalue weighted by molar-refractivity contribution is 6.32. The van der Waals surface area contributed by atoms with Crippen LogP contribution in [0.2, 0.25) is 10.3 Å². The normalized spacial score (nSPS) is 13.6. The van der Waals surface area contributed by atoms with Gasteiger partial charge in [0.2, 0.25) is 0 Å². The number of halogens is 2. The van der Waals surface area contributed by atoms with Gasteiger partial charge in [-0.2, -0.15) is 0 Å². The van der Waals surface area contributed by atoms with E-state index in [2.05, 4.69) is 51.4 Å². The van der Waals surface area contributed by atoms with Crippen LogP contribution in [0, 0.1) is 16.7 Å². The number of carbonyl (C=O) groups is 2. The maximum absolute atomic E-state index is 12.3. The van der Waals surface area contributed by atoms with Crippen LogP contribution in [-0.4, -0.2) is 94.4 Å². The fourth-order valence-electron chi connectivity index (χ4n) is 4.47. The lowest BCUT2D eigenvalue weighted by Crippen LogP contribution is -2.42. The molecule has 2 aromatic rings. The molecule has 45 heavy (non-hydrogen) atoms. The zero-order valence-electron chi connectivity index (χ0n) is 24.7. The number of nitrogens with two attached hydrogens (primary N) is 4. The second-order valence-electron chi connectivity index (χ2n) is 10.3. The summed E-state index contributed by atoms with van der Waals surface area (Å²) in [7, 11) is 0. The summed E-state index contributed by atoms with van der Waals surface area (Å²) in [5.74, 6) is -1.62. The Kier molecular flexibility index (Phi) is 13.5. The van der Waals surface area contributed by atoms with E-state index < -0.39 is 11.8 Å². The summed E-state index contributed by atoms with van der Waals surface area (Å²) in [5.41, 5.74) is 22.0. The van der Waals surface area contributed by atoms with Crippen molar-refractivity contribution in [1.29, 1.82) is 10.8 Å². The van der Waals surface area contributed by atoms with Gasteiger partial charge in [-0.25, -0.2) is 19.9 Å². The van der Waals surface area contributed by atoms with Crippen molar-refractivity contribution in [2.75, 3.05) is 68.7 Å². The molecule has 246 valence electrons. The van der Waals surface area contributed by atoms with Crippen molar-refractivity contribution < 1.29 is 9.59 Å². The fraction of sp³-hybridized carbons (Fsp3) is 0.520. The van der Waals surface area contributed by atoms with Gasteiger partial charge in [-0.15, -0.1) is 0 Å². The highest BCUT2D eigenvalue weighted by Gasteiger charge is 2.20. The van der Waals surface area contributed by atoms with E-state index in [0.29, 0.717) is 19.0 Å². The number of unbranched alkanes of at least 4 members (excludes halogenated alkanes) is 1. The molecule has 1 aliphatic rings. The molecule has 0 aromatic carbocycles. The van der Waals surface area contributed by atoms with Gasteiger partial charge in [0.25, 0.3) is 11.8 Å². The summed E-state index contributed by atoms with van der Waals surface area (Å²) in [6.45, 7) is 5.76. The van der Waals surface area contributed by atoms with E-state index in [-0.39, 0.29) is 56.9 Å². The molecule has 0 saturated carbocycles. The topological polar surface area (TPSA) is 301 Å². The second kappa shape index (κ2) is 17.3. The number of likely N-dealkylation sites (tertiary alicyclic amines) is 1. The minimum Gasteiger partial charge on any atom is -0.382 e. The summed E-state index contributed by atoms with van der Waals surface area (Å²) in [4.78, 5) is 42.1. The fourth-order valence-corrected chi connectivity index (χ4v) is 4.73. The van der Waals surface area contributed by atoms with Crippen LogP contribution in [0.5, 0.6) is 0 Å². The Balaban J connectivity index is 1.18. The average molecular weight is 668 g/mol. The minimum absolute atomic E-state index is 0.0728. The molecule has 2 aromatic heterocycles. The lowest BCUT2D eigenvalue weighted by atomic mass is 9.96. The van der Waals surface area contributed by atoms with Gasteiger partial charge in [0.1, 0.15) is 0 Å². The van der Waals surface area contributed by atoms with Crippen molar-refractivity contribution in [3.63, 3.8) is 0 Å². The quantitative estimate of drug-likeness (QED) is 0.0735. The van der Waals surface area contributed by atoms with Crippen molar-refractivity contribution in [2.45, 2.75) is 32.1 Å². The number of hydrogen-bond acceptors (Lipinski definition) is 14. The van der Waals surface area contributed by atoms with E-state index in [4.69, 9.17) is 57.0 Å². The number of nitrogens with one attached hydrogen (secondary N) is 7. The maximum Gasteiger partial charge on any atom is 0.280 e.